The summed E-state index contributed by atoms with van der Waals surface area (Å²) in [5.41, 5.74) is 2.57. The van der Waals surface area contributed by atoms with Crippen molar-refractivity contribution in [3.05, 3.63) is 72.8 Å². The van der Waals surface area contributed by atoms with Crippen LogP contribution in [-0.4, -0.2) is 24.9 Å². The highest BCUT2D eigenvalue weighted by molar-refractivity contribution is 5.98. The first-order valence-corrected chi connectivity index (χ1v) is 8.27. The maximum atomic E-state index is 12.4. The van der Waals surface area contributed by atoms with Gasteiger partial charge < -0.3 is 15.5 Å². The molecule has 1 aliphatic rings. The SMILES string of the molecule is C=CCNC(=O)CN1c2ccccc2NC(=O)C[C@H]1c1ccccc1. The molecule has 0 radical (unpaired) electrons. The van der Waals surface area contributed by atoms with E-state index in [4.69, 9.17) is 0 Å². The Hall–Kier alpha value is -3.08. The fourth-order valence-corrected chi connectivity index (χ4v) is 3.05. The molecule has 0 spiro atoms. The lowest BCUT2D eigenvalue weighted by atomic mass is 10.0. The second kappa shape index (κ2) is 7.66. The van der Waals surface area contributed by atoms with Gasteiger partial charge in [0.25, 0.3) is 0 Å². The molecule has 1 heterocycles. The van der Waals surface area contributed by atoms with E-state index in [1.807, 2.05) is 59.5 Å². The zero-order valence-electron chi connectivity index (χ0n) is 13.9. The molecule has 1 atom stereocenters. The number of amides is 2. The van der Waals surface area contributed by atoms with Crippen LogP contribution in [-0.2, 0) is 9.59 Å². The molecule has 1 aliphatic heterocycles. The quantitative estimate of drug-likeness (QED) is 0.826. The Balaban J connectivity index is 2.00. The van der Waals surface area contributed by atoms with Crippen LogP contribution in [0, 0.1) is 0 Å². The molecule has 2 aromatic rings. The smallest absolute Gasteiger partial charge is 0.239 e. The van der Waals surface area contributed by atoms with Gasteiger partial charge >= 0.3 is 0 Å². The average molecular weight is 335 g/mol. The topological polar surface area (TPSA) is 61.4 Å². The summed E-state index contributed by atoms with van der Waals surface area (Å²) in [6.07, 6.45) is 1.93. The summed E-state index contributed by atoms with van der Waals surface area (Å²) in [5, 5.41) is 5.75. The first-order chi connectivity index (χ1) is 12.2. The van der Waals surface area contributed by atoms with Crippen molar-refractivity contribution in [2.75, 3.05) is 23.3 Å². The summed E-state index contributed by atoms with van der Waals surface area (Å²) in [5.74, 6) is -0.166. The molecule has 2 N–H and O–H groups in total. The second-order valence-electron chi connectivity index (χ2n) is 5.92. The van der Waals surface area contributed by atoms with Gasteiger partial charge in [0.2, 0.25) is 11.8 Å². The van der Waals surface area contributed by atoms with Crippen LogP contribution < -0.4 is 15.5 Å². The average Bonchev–Trinajstić information content (AvgIpc) is 2.77. The number of fused-ring (bicyclic) bond motifs is 1. The van der Waals surface area contributed by atoms with Gasteiger partial charge in [-0.1, -0.05) is 48.5 Å². The van der Waals surface area contributed by atoms with Gasteiger partial charge in [0.1, 0.15) is 0 Å². The summed E-state index contributed by atoms with van der Waals surface area (Å²) in [4.78, 5) is 26.7. The van der Waals surface area contributed by atoms with E-state index in [0.29, 0.717) is 6.54 Å². The summed E-state index contributed by atoms with van der Waals surface area (Å²) in [7, 11) is 0. The Kier molecular flexibility index (Phi) is 5.14. The zero-order chi connectivity index (χ0) is 17.6. The van der Waals surface area contributed by atoms with Gasteiger partial charge in [-0.2, -0.15) is 0 Å². The summed E-state index contributed by atoms with van der Waals surface area (Å²) < 4.78 is 0. The first kappa shape index (κ1) is 16.8. The maximum absolute atomic E-state index is 12.4. The van der Waals surface area contributed by atoms with Crippen LogP contribution in [0.3, 0.4) is 0 Å². The molecule has 5 nitrogen and oxygen atoms in total. The number of nitrogens with zero attached hydrogens (tertiary/aromatic N) is 1. The minimum atomic E-state index is -0.209. The Labute approximate surface area is 147 Å². The van der Waals surface area contributed by atoms with Crippen molar-refractivity contribution in [2.45, 2.75) is 12.5 Å². The molecule has 0 aliphatic carbocycles. The second-order valence-corrected chi connectivity index (χ2v) is 5.92. The molecule has 128 valence electrons. The third kappa shape index (κ3) is 3.88. The number of para-hydroxylation sites is 2. The van der Waals surface area contributed by atoms with Gasteiger partial charge in [0.15, 0.2) is 0 Å². The minimum absolute atomic E-state index is 0.0599. The van der Waals surface area contributed by atoms with Crippen molar-refractivity contribution < 1.29 is 9.59 Å². The van der Waals surface area contributed by atoms with Crippen molar-refractivity contribution in [1.82, 2.24) is 5.32 Å². The van der Waals surface area contributed by atoms with Gasteiger partial charge in [-0.15, -0.1) is 6.58 Å². The highest BCUT2D eigenvalue weighted by atomic mass is 16.2. The maximum Gasteiger partial charge on any atom is 0.239 e. The van der Waals surface area contributed by atoms with Crippen LogP contribution in [0.2, 0.25) is 0 Å². The number of anilines is 2. The third-order valence-electron chi connectivity index (χ3n) is 4.18. The molecule has 0 unspecified atom stereocenters. The Morgan fingerprint density at radius 3 is 2.68 bits per heavy atom. The molecule has 0 fully saturated rings. The normalized spacial score (nSPS) is 16.4. The molecular weight excluding hydrogens is 314 g/mol. The predicted octanol–water partition coefficient (Wildman–Crippen LogP) is 2.88. The lowest BCUT2D eigenvalue weighted by Gasteiger charge is -2.32. The number of benzene rings is 2. The summed E-state index contributed by atoms with van der Waals surface area (Å²) in [6.45, 7) is 4.20. The molecule has 2 aromatic carbocycles. The fourth-order valence-electron chi connectivity index (χ4n) is 3.05. The van der Waals surface area contributed by atoms with Crippen LogP contribution in [0.4, 0.5) is 11.4 Å². The van der Waals surface area contributed by atoms with Crippen molar-refractivity contribution >= 4 is 23.2 Å². The number of nitrogens with one attached hydrogen (secondary N) is 2. The van der Waals surface area contributed by atoms with Gasteiger partial charge in [0.05, 0.1) is 30.4 Å². The van der Waals surface area contributed by atoms with Crippen LogP contribution in [0.5, 0.6) is 0 Å². The fraction of sp³-hybridized carbons (Fsp3) is 0.200. The number of hydrogen-bond donors (Lipinski definition) is 2. The van der Waals surface area contributed by atoms with Crippen molar-refractivity contribution in [2.24, 2.45) is 0 Å². The van der Waals surface area contributed by atoms with Crippen LogP contribution in [0.15, 0.2) is 67.3 Å². The molecule has 0 saturated heterocycles. The number of carbonyl (C=O) groups excluding carboxylic acids is 2. The molecule has 0 aromatic heterocycles. The van der Waals surface area contributed by atoms with Gasteiger partial charge in [-0.05, 0) is 17.7 Å². The Morgan fingerprint density at radius 2 is 1.92 bits per heavy atom. The van der Waals surface area contributed by atoms with Crippen molar-refractivity contribution in [3.63, 3.8) is 0 Å². The van der Waals surface area contributed by atoms with Gasteiger partial charge in [-0.25, -0.2) is 0 Å². The predicted molar refractivity (Wildman–Crippen MR) is 99.4 cm³/mol. The molecule has 0 bridgehead atoms. The molecule has 0 saturated carbocycles. The summed E-state index contributed by atoms with van der Waals surface area (Å²) >= 11 is 0. The van der Waals surface area contributed by atoms with E-state index in [1.165, 1.54) is 0 Å². The van der Waals surface area contributed by atoms with Gasteiger partial charge in [0, 0.05) is 6.54 Å². The molecular formula is C20H21N3O2. The lowest BCUT2D eigenvalue weighted by molar-refractivity contribution is -0.120. The number of hydrogen-bond acceptors (Lipinski definition) is 3. The highest BCUT2D eigenvalue weighted by Gasteiger charge is 2.30. The molecule has 5 heteroatoms. The largest absolute Gasteiger partial charge is 0.353 e. The number of rotatable bonds is 5. The minimum Gasteiger partial charge on any atom is -0.353 e. The van der Waals surface area contributed by atoms with E-state index >= 15 is 0 Å². The third-order valence-corrected chi connectivity index (χ3v) is 4.18. The van der Waals surface area contributed by atoms with E-state index in [1.54, 1.807) is 6.08 Å². The van der Waals surface area contributed by atoms with Crippen LogP contribution in [0.25, 0.3) is 0 Å². The Bertz CT molecular complexity index is 774. The van der Waals surface area contributed by atoms with Crippen molar-refractivity contribution in [1.29, 1.82) is 0 Å². The van der Waals surface area contributed by atoms with Crippen LogP contribution >= 0.6 is 0 Å². The number of carbonyl (C=O) groups is 2. The first-order valence-electron chi connectivity index (χ1n) is 8.27. The lowest BCUT2D eigenvalue weighted by Crippen LogP contribution is -2.39. The molecule has 25 heavy (non-hydrogen) atoms. The van der Waals surface area contributed by atoms with E-state index in [2.05, 4.69) is 17.2 Å². The van der Waals surface area contributed by atoms with E-state index < -0.39 is 0 Å². The van der Waals surface area contributed by atoms with Crippen LogP contribution in [0.1, 0.15) is 18.0 Å². The van der Waals surface area contributed by atoms with E-state index in [-0.39, 0.29) is 30.8 Å². The standard InChI is InChI=1S/C20H21N3O2/c1-2-12-21-20(25)14-23-17-11-7-6-10-16(17)22-19(24)13-18(23)15-8-4-3-5-9-15/h2-11,18H,1,12-14H2,(H,21,25)(H,22,24)/t18-/m0/s1. The van der Waals surface area contributed by atoms with E-state index in [0.717, 1.165) is 16.9 Å². The highest BCUT2D eigenvalue weighted by Crippen LogP contribution is 2.37. The van der Waals surface area contributed by atoms with Crippen molar-refractivity contribution in [3.8, 4) is 0 Å². The Morgan fingerprint density at radius 1 is 1.20 bits per heavy atom. The molecule has 2 amide bonds. The molecule has 3 rings (SSSR count). The summed E-state index contributed by atoms with van der Waals surface area (Å²) in [6, 6.07) is 17.2. The van der Waals surface area contributed by atoms with Gasteiger partial charge in [-0.3, -0.25) is 9.59 Å². The zero-order valence-corrected chi connectivity index (χ0v) is 13.9. The monoisotopic (exact) mass is 335 g/mol. The van der Waals surface area contributed by atoms with E-state index in [9.17, 15) is 9.59 Å².